The minimum absolute atomic E-state index is 0.394. The molecule has 0 saturated carbocycles. The van der Waals surface area contributed by atoms with Crippen molar-refractivity contribution in [2.75, 3.05) is 27.2 Å². The third-order valence-electron chi connectivity index (χ3n) is 7.45. The van der Waals surface area contributed by atoms with Crippen molar-refractivity contribution >= 4 is 11.0 Å². The Hall–Kier alpha value is -3.66. The first-order valence-electron chi connectivity index (χ1n) is 13.5. The summed E-state index contributed by atoms with van der Waals surface area (Å²) in [6.45, 7) is 4.45. The third kappa shape index (κ3) is 6.42. The van der Waals surface area contributed by atoms with E-state index in [1.807, 2.05) is 38.4 Å². The normalized spacial score (nSPS) is 14.7. The molecule has 0 amide bonds. The van der Waals surface area contributed by atoms with Crippen LogP contribution in [0.1, 0.15) is 47.2 Å². The topological polar surface area (TPSA) is 65.5 Å². The number of nitriles is 1. The van der Waals surface area contributed by atoms with E-state index in [2.05, 4.69) is 57.4 Å². The molecule has 1 fully saturated rings. The summed E-state index contributed by atoms with van der Waals surface area (Å²) in [6, 6.07) is 24.6. The van der Waals surface area contributed by atoms with Gasteiger partial charge in [-0.2, -0.15) is 5.26 Å². The summed E-state index contributed by atoms with van der Waals surface area (Å²) in [7, 11) is 4.08. The number of nitrogens with zero attached hydrogens (tertiary/aromatic N) is 4. The van der Waals surface area contributed by atoms with Gasteiger partial charge in [0.15, 0.2) is 5.58 Å². The molecule has 0 N–H and O–H groups in total. The molecule has 2 heterocycles. The molecule has 6 nitrogen and oxygen atoms in total. The Bertz CT molecular complexity index is 1380. The van der Waals surface area contributed by atoms with Gasteiger partial charge in [0, 0.05) is 18.5 Å². The van der Waals surface area contributed by atoms with Crippen LogP contribution < -0.4 is 4.74 Å². The number of ether oxygens (including phenoxy) is 1. The van der Waals surface area contributed by atoms with Crippen molar-refractivity contribution in [1.82, 2.24) is 15.0 Å². The highest BCUT2D eigenvalue weighted by Gasteiger charge is 2.22. The Balaban J connectivity index is 1.22. The van der Waals surface area contributed by atoms with Gasteiger partial charge in [-0.25, -0.2) is 0 Å². The van der Waals surface area contributed by atoms with Crippen LogP contribution in [0.25, 0.3) is 11.0 Å². The standard InChI is InChI=1S/C32H36N4O2/c1-35(2)22-29-31(37-23-27-10-6-9-26(19-27)20-33)14-12-28-30(34-38-32(28)29)13-11-24-15-17-36(18-16-24)21-25-7-4-3-5-8-25/h3-10,12,14,19,24H,11,13,15-18,21-23H2,1-2H3. The van der Waals surface area contributed by atoms with Crippen LogP contribution in [0.5, 0.6) is 5.75 Å². The summed E-state index contributed by atoms with van der Waals surface area (Å²) < 4.78 is 12.1. The lowest BCUT2D eigenvalue weighted by molar-refractivity contribution is 0.172. The molecule has 1 aliphatic rings. The fourth-order valence-corrected chi connectivity index (χ4v) is 5.38. The van der Waals surface area contributed by atoms with Gasteiger partial charge in [-0.1, -0.05) is 47.6 Å². The number of fused-ring (bicyclic) bond motifs is 1. The van der Waals surface area contributed by atoms with Gasteiger partial charge in [-0.05, 0) is 94.2 Å². The lowest BCUT2D eigenvalue weighted by Gasteiger charge is -2.31. The Labute approximate surface area is 225 Å². The van der Waals surface area contributed by atoms with E-state index < -0.39 is 0 Å². The van der Waals surface area contributed by atoms with E-state index in [-0.39, 0.29) is 0 Å². The Morgan fingerprint density at radius 3 is 2.58 bits per heavy atom. The highest BCUT2D eigenvalue weighted by Crippen LogP contribution is 2.33. The first-order chi connectivity index (χ1) is 18.6. The third-order valence-corrected chi connectivity index (χ3v) is 7.45. The van der Waals surface area contributed by atoms with Gasteiger partial charge in [0.2, 0.25) is 0 Å². The van der Waals surface area contributed by atoms with Crippen molar-refractivity contribution < 1.29 is 9.26 Å². The Morgan fingerprint density at radius 1 is 1.03 bits per heavy atom. The molecule has 38 heavy (non-hydrogen) atoms. The summed E-state index contributed by atoms with van der Waals surface area (Å²) >= 11 is 0. The van der Waals surface area contributed by atoms with Gasteiger partial charge in [0.25, 0.3) is 0 Å². The average molecular weight is 509 g/mol. The van der Waals surface area contributed by atoms with Crippen LogP contribution in [0.4, 0.5) is 0 Å². The molecule has 0 radical (unpaired) electrons. The smallest absolute Gasteiger partial charge is 0.175 e. The van der Waals surface area contributed by atoms with Gasteiger partial charge in [-0.3, -0.25) is 4.90 Å². The van der Waals surface area contributed by atoms with Crippen molar-refractivity contribution in [1.29, 1.82) is 5.26 Å². The average Bonchev–Trinajstić information content (AvgIpc) is 3.36. The lowest BCUT2D eigenvalue weighted by Crippen LogP contribution is -2.33. The zero-order chi connectivity index (χ0) is 26.3. The number of piperidine rings is 1. The molecule has 1 saturated heterocycles. The van der Waals surface area contributed by atoms with E-state index in [0.717, 1.165) is 71.9 Å². The zero-order valence-corrected chi connectivity index (χ0v) is 22.4. The Kier molecular flexibility index (Phi) is 8.37. The van der Waals surface area contributed by atoms with Gasteiger partial charge < -0.3 is 14.2 Å². The summed E-state index contributed by atoms with van der Waals surface area (Å²) in [6.07, 6.45) is 4.54. The quantitative estimate of drug-likeness (QED) is 0.255. The molecule has 196 valence electrons. The largest absolute Gasteiger partial charge is 0.488 e. The molecule has 1 aliphatic heterocycles. The molecule has 0 atom stereocenters. The molecule has 4 aromatic rings. The molecular formula is C32H36N4O2. The van der Waals surface area contributed by atoms with Gasteiger partial charge >= 0.3 is 0 Å². The van der Waals surface area contributed by atoms with E-state index >= 15 is 0 Å². The fourth-order valence-electron chi connectivity index (χ4n) is 5.38. The SMILES string of the molecule is CN(C)Cc1c(OCc2cccc(C#N)c2)ccc2c(CCC3CCN(Cc4ccccc4)CC3)noc12. The number of likely N-dealkylation sites (tertiary alicyclic amines) is 1. The molecular weight excluding hydrogens is 472 g/mol. The van der Waals surface area contributed by atoms with Gasteiger partial charge in [-0.15, -0.1) is 0 Å². The van der Waals surface area contributed by atoms with E-state index in [4.69, 9.17) is 9.26 Å². The zero-order valence-electron chi connectivity index (χ0n) is 22.4. The monoisotopic (exact) mass is 508 g/mol. The van der Waals surface area contributed by atoms with Crippen LogP contribution in [0, 0.1) is 17.2 Å². The predicted octanol–water partition coefficient (Wildman–Crippen LogP) is 6.18. The number of aryl methyl sites for hydroxylation is 1. The summed E-state index contributed by atoms with van der Waals surface area (Å²) in [5.74, 6) is 1.52. The Morgan fingerprint density at radius 2 is 1.82 bits per heavy atom. The lowest BCUT2D eigenvalue weighted by atomic mass is 9.91. The van der Waals surface area contributed by atoms with E-state index in [0.29, 0.717) is 18.7 Å². The molecule has 3 aromatic carbocycles. The second kappa shape index (κ2) is 12.3. The van der Waals surface area contributed by atoms with Crippen molar-refractivity contribution in [3.8, 4) is 11.8 Å². The molecule has 0 unspecified atom stereocenters. The molecule has 0 aliphatic carbocycles. The second-order valence-electron chi connectivity index (χ2n) is 10.6. The molecule has 0 spiro atoms. The van der Waals surface area contributed by atoms with Crippen LogP contribution in [0.15, 0.2) is 71.3 Å². The first kappa shape index (κ1) is 26.0. The molecule has 0 bridgehead atoms. The van der Waals surface area contributed by atoms with Crippen molar-refractivity contribution in [2.45, 2.75) is 45.4 Å². The number of aromatic nitrogens is 1. The number of hydrogen-bond acceptors (Lipinski definition) is 6. The van der Waals surface area contributed by atoms with Crippen LogP contribution in [0.3, 0.4) is 0 Å². The van der Waals surface area contributed by atoms with Gasteiger partial charge in [0.1, 0.15) is 12.4 Å². The van der Waals surface area contributed by atoms with Crippen LogP contribution in [-0.2, 0) is 26.1 Å². The molecule has 5 rings (SSSR count). The van der Waals surface area contributed by atoms with Crippen molar-refractivity contribution in [3.05, 3.63) is 94.7 Å². The minimum Gasteiger partial charge on any atom is -0.488 e. The fraction of sp³-hybridized carbons (Fsp3) is 0.375. The van der Waals surface area contributed by atoms with Crippen LogP contribution >= 0.6 is 0 Å². The molecule has 1 aromatic heterocycles. The summed E-state index contributed by atoms with van der Waals surface area (Å²) in [4.78, 5) is 4.69. The summed E-state index contributed by atoms with van der Waals surface area (Å²) in [5.41, 5.74) is 5.86. The number of benzene rings is 3. The number of rotatable bonds is 10. The maximum absolute atomic E-state index is 9.19. The maximum atomic E-state index is 9.19. The predicted molar refractivity (Wildman–Crippen MR) is 150 cm³/mol. The first-order valence-corrected chi connectivity index (χ1v) is 13.5. The van der Waals surface area contributed by atoms with Crippen molar-refractivity contribution in [3.63, 3.8) is 0 Å². The molecule has 6 heteroatoms. The highest BCUT2D eigenvalue weighted by molar-refractivity contribution is 5.84. The summed E-state index contributed by atoms with van der Waals surface area (Å²) in [5, 5.41) is 14.8. The van der Waals surface area contributed by atoms with E-state index in [1.54, 1.807) is 6.07 Å². The highest BCUT2D eigenvalue weighted by atomic mass is 16.5. The van der Waals surface area contributed by atoms with E-state index in [9.17, 15) is 5.26 Å². The minimum atomic E-state index is 0.394. The van der Waals surface area contributed by atoms with E-state index in [1.165, 1.54) is 18.4 Å². The van der Waals surface area contributed by atoms with Gasteiger partial charge in [0.05, 0.1) is 22.9 Å². The second-order valence-corrected chi connectivity index (χ2v) is 10.6. The van der Waals surface area contributed by atoms with Crippen molar-refractivity contribution in [2.24, 2.45) is 5.92 Å². The maximum Gasteiger partial charge on any atom is 0.175 e. The van der Waals surface area contributed by atoms with Crippen LogP contribution in [0.2, 0.25) is 0 Å². The van der Waals surface area contributed by atoms with Crippen LogP contribution in [-0.4, -0.2) is 42.1 Å². The number of hydrogen-bond donors (Lipinski definition) is 0.